The summed E-state index contributed by atoms with van der Waals surface area (Å²) >= 11 is 0. The Morgan fingerprint density at radius 2 is 2.18 bits per heavy atom. The quantitative estimate of drug-likeness (QED) is 0.804. The van der Waals surface area contributed by atoms with Gasteiger partial charge >= 0.3 is 0 Å². The third-order valence-electron chi connectivity index (χ3n) is 3.76. The number of hydrogen-bond donors (Lipinski definition) is 2. The van der Waals surface area contributed by atoms with E-state index >= 15 is 0 Å². The molecule has 0 bridgehead atoms. The minimum absolute atomic E-state index is 0.0299. The number of carbonyl (C=O) groups is 1. The molecule has 1 aliphatic rings. The zero-order valence-corrected chi connectivity index (χ0v) is 12.4. The van der Waals surface area contributed by atoms with Gasteiger partial charge in [0.15, 0.2) is 11.6 Å². The summed E-state index contributed by atoms with van der Waals surface area (Å²) in [5, 5.41) is 12.2. The SMILES string of the molecule is COCC(=O)N[C@@H]1CN(Cc2ccc(F)c(F)c2)C[C@H]1CO. The number of nitrogens with one attached hydrogen (secondary N) is 1. The van der Waals surface area contributed by atoms with Crippen LogP contribution in [0.2, 0.25) is 0 Å². The van der Waals surface area contributed by atoms with Gasteiger partial charge in [-0.3, -0.25) is 9.69 Å². The summed E-state index contributed by atoms with van der Waals surface area (Å²) in [5.74, 6) is -2.07. The molecule has 5 nitrogen and oxygen atoms in total. The first-order chi connectivity index (χ1) is 10.5. The molecule has 7 heteroatoms. The Balaban J connectivity index is 1.95. The Morgan fingerprint density at radius 3 is 2.82 bits per heavy atom. The first kappa shape index (κ1) is 16.8. The highest BCUT2D eigenvalue weighted by Crippen LogP contribution is 2.20. The van der Waals surface area contributed by atoms with Crippen LogP contribution in [0.4, 0.5) is 8.78 Å². The van der Waals surface area contributed by atoms with Gasteiger partial charge in [0.1, 0.15) is 6.61 Å². The van der Waals surface area contributed by atoms with Gasteiger partial charge in [0.2, 0.25) is 5.91 Å². The van der Waals surface area contributed by atoms with Crippen LogP contribution in [0.15, 0.2) is 18.2 Å². The van der Waals surface area contributed by atoms with Crippen LogP contribution in [0.3, 0.4) is 0 Å². The van der Waals surface area contributed by atoms with Gasteiger partial charge in [-0.15, -0.1) is 0 Å². The number of ether oxygens (including phenoxy) is 1. The maximum atomic E-state index is 13.2. The standard InChI is InChI=1S/C15H20F2N2O3/c1-22-9-15(21)18-14-7-19(6-11(14)8-20)5-10-2-3-12(16)13(17)4-10/h2-4,11,14,20H,5-9H2,1H3,(H,18,21)/t11-,14+/m0/s1. The summed E-state index contributed by atoms with van der Waals surface area (Å²) < 4.78 is 30.9. The number of hydrogen-bond acceptors (Lipinski definition) is 4. The van der Waals surface area contributed by atoms with E-state index in [0.717, 1.165) is 6.07 Å². The van der Waals surface area contributed by atoms with Crippen molar-refractivity contribution in [3.8, 4) is 0 Å². The zero-order valence-electron chi connectivity index (χ0n) is 12.4. The van der Waals surface area contributed by atoms with E-state index in [4.69, 9.17) is 4.74 Å². The molecular weight excluding hydrogens is 294 g/mol. The summed E-state index contributed by atoms with van der Waals surface area (Å²) in [5.41, 5.74) is 0.652. The maximum Gasteiger partial charge on any atom is 0.246 e. The maximum absolute atomic E-state index is 13.2. The summed E-state index contributed by atoms with van der Waals surface area (Å²) in [6.07, 6.45) is 0. The highest BCUT2D eigenvalue weighted by Gasteiger charge is 2.33. The number of carbonyl (C=O) groups excluding carboxylic acids is 1. The van der Waals surface area contributed by atoms with Crippen LogP contribution in [0.1, 0.15) is 5.56 Å². The second-order valence-electron chi connectivity index (χ2n) is 5.49. The van der Waals surface area contributed by atoms with E-state index in [9.17, 15) is 18.7 Å². The number of methoxy groups -OCH3 is 1. The van der Waals surface area contributed by atoms with E-state index < -0.39 is 11.6 Å². The summed E-state index contributed by atoms with van der Waals surface area (Å²) in [6, 6.07) is 3.61. The molecular formula is C15H20F2N2O3. The first-order valence-corrected chi connectivity index (χ1v) is 7.09. The molecule has 2 N–H and O–H groups in total. The first-order valence-electron chi connectivity index (χ1n) is 7.09. The van der Waals surface area contributed by atoms with Gasteiger partial charge < -0.3 is 15.2 Å². The van der Waals surface area contributed by atoms with E-state index in [1.54, 1.807) is 0 Å². The van der Waals surface area contributed by atoms with Crippen molar-refractivity contribution < 1.29 is 23.4 Å². The molecule has 0 aliphatic carbocycles. The van der Waals surface area contributed by atoms with Crippen molar-refractivity contribution in [2.45, 2.75) is 12.6 Å². The lowest BCUT2D eigenvalue weighted by atomic mass is 10.1. The second kappa shape index (κ2) is 7.62. The van der Waals surface area contributed by atoms with E-state index in [1.165, 1.54) is 19.2 Å². The summed E-state index contributed by atoms with van der Waals surface area (Å²) in [6.45, 7) is 1.47. The van der Waals surface area contributed by atoms with Crippen molar-refractivity contribution in [1.82, 2.24) is 10.2 Å². The van der Waals surface area contributed by atoms with Crippen LogP contribution in [0.25, 0.3) is 0 Å². The lowest BCUT2D eigenvalue weighted by molar-refractivity contribution is -0.125. The number of benzene rings is 1. The van der Waals surface area contributed by atoms with Crippen molar-refractivity contribution in [3.63, 3.8) is 0 Å². The number of nitrogens with zero attached hydrogens (tertiary/aromatic N) is 1. The number of aliphatic hydroxyl groups excluding tert-OH is 1. The smallest absolute Gasteiger partial charge is 0.246 e. The minimum Gasteiger partial charge on any atom is -0.396 e. The molecule has 1 aliphatic heterocycles. The fraction of sp³-hybridized carbons (Fsp3) is 0.533. The van der Waals surface area contributed by atoms with Crippen LogP contribution in [0.5, 0.6) is 0 Å². The molecule has 2 atom stereocenters. The predicted molar refractivity (Wildman–Crippen MR) is 76.0 cm³/mol. The van der Waals surface area contributed by atoms with Gasteiger partial charge in [-0.2, -0.15) is 0 Å². The van der Waals surface area contributed by atoms with E-state index in [2.05, 4.69) is 5.32 Å². The monoisotopic (exact) mass is 314 g/mol. The number of aliphatic hydroxyl groups is 1. The van der Waals surface area contributed by atoms with Crippen LogP contribution in [-0.4, -0.2) is 55.4 Å². The Kier molecular flexibility index (Phi) is 5.82. The average molecular weight is 314 g/mol. The van der Waals surface area contributed by atoms with Crippen LogP contribution >= 0.6 is 0 Å². The Morgan fingerprint density at radius 1 is 1.41 bits per heavy atom. The highest BCUT2D eigenvalue weighted by atomic mass is 19.2. The average Bonchev–Trinajstić information content (AvgIpc) is 2.84. The number of rotatable bonds is 6. The van der Waals surface area contributed by atoms with Crippen molar-refractivity contribution in [3.05, 3.63) is 35.4 Å². The molecule has 1 aromatic carbocycles. The fourth-order valence-electron chi connectivity index (χ4n) is 2.71. The van der Waals surface area contributed by atoms with Gasteiger partial charge in [0, 0.05) is 45.3 Å². The Hall–Kier alpha value is -1.57. The van der Waals surface area contributed by atoms with E-state index in [1.807, 2.05) is 4.90 Å². The number of halogens is 2. The van der Waals surface area contributed by atoms with Crippen molar-refractivity contribution in [2.75, 3.05) is 33.4 Å². The second-order valence-corrected chi connectivity index (χ2v) is 5.49. The zero-order chi connectivity index (χ0) is 16.1. The largest absolute Gasteiger partial charge is 0.396 e. The molecule has 0 radical (unpaired) electrons. The summed E-state index contributed by atoms with van der Waals surface area (Å²) in [7, 11) is 1.44. The third kappa shape index (κ3) is 4.22. The molecule has 22 heavy (non-hydrogen) atoms. The van der Waals surface area contributed by atoms with Crippen LogP contribution in [0, 0.1) is 17.6 Å². The lowest BCUT2D eigenvalue weighted by Gasteiger charge is -2.18. The molecule has 0 aromatic heterocycles. The normalized spacial score (nSPS) is 22.0. The van der Waals surface area contributed by atoms with Gasteiger partial charge in [-0.1, -0.05) is 6.07 Å². The van der Waals surface area contributed by atoms with Gasteiger partial charge in [-0.25, -0.2) is 8.78 Å². The molecule has 1 aromatic rings. The number of likely N-dealkylation sites (tertiary alicyclic amines) is 1. The minimum atomic E-state index is -0.875. The van der Waals surface area contributed by atoms with Crippen LogP contribution < -0.4 is 5.32 Å². The molecule has 1 saturated heterocycles. The van der Waals surface area contributed by atoms with E-state index in [0.29, 0.717) is 25.2 Å². The van der Waals surface area contributed by atoms with Crippen LogP contribution in [-0.2, 0) is 16.1 Å². The number of amides is 1. The third-order valence-corrected chi connectivity index (χ3v) is 3.76. The molecule has 1 heterocycles. The van der Waals surface area contributed by atoms with Crippen molar-refractivity contribution in [1.29, 1.82) is 0 Å². The lowest BCUT2D eigenvalue weighted by Crippen LogP contribution is -2.43. The molecule has 2 rings (SSSR count). The van der Waals surface area contributed by atoms with Gasteiger partial charge in [-0.05, 0) is 17.7 Å². The van der Waals surface area contributed by atoms with E-state index in [-0.39, 0.29) is 31.1 Å². The molecule has 1 fully saturated rings. The fourth-order valence-corrected chi connectivity index (χ4v) is 2.71. The highest BCUT2D eigenvalue weighted by molar-refractivity contribution is 5.77. The predicted octanol–water partition coefficient (Wildman–Crippen LogP) is 0.520. The Labute approximate surface area is 127 Å². The Bertz CT molecular complexity index is 528. The molecule has 0 unspecified atom stereocenters. The summed E-state index contributed by atoms with van der Waals surface area (Å²) in [4.78, 5) is 13.6. The van der Waals surface area contributed by atoms with Gasteiger partial charge in [0.25, 0.3) is 0 Å². The molecule has 0 spiro atoms. The van der Waals surface area contributed by atoms with Crippen molar-refractivity contribution >= 4 is 5.91 Å². The molecule has 1 amide bonds. The van der Waals surface area contributed by atoms with Crippen molar-refractivity contribution in [2.24, 2.45) is 5.92 Å². The topological polar surface area (TPSA) is 61.8 Å². The van der Waals surface area contributed by atoms with Gasteiger partial charge in [0.05, 0.1) is 0 Å². The molecule has 0 saturated carbocycles. The molecule has 122 valence electrons.